The van der Waals surface area contributed by atoms with E-state index in [0.29, 0.717) is 12.0 Å². The molecule has 3 aromatic rings. The van der Waals surface area contributed by atoms with E-state index in [0.717, 1.165) is 29.7 Å². The highest BCUT2D eigenvalue weighted by molar-refractivity contribution is 5.93. The second-order valence-electron chi connectivity index (χ2n) is 8.27. The van der Waals surface area contributed by atoms with Crippen molar-refractivity contribution in [2.45, 2.75) is 32.3 Å². The first kappa shape index (κ1) is 21.4. The first-order chi connectivity index (χ1) is 13.4. The third-order valence-corrected chi connectivity index (χ3v) is 5.94. The van der Waals surface area contributed by atoms with Crippen molar-refractivity contribution in [1.29, 1.82) is 0 Å². The van der Waals surface area contributed by atoms with Crippen LogP contribution >= 0.6 is 12.4 Å². The van der Waals surface area contributed by atoms with Crippen molar-refractivity contribution in [2.24, 2.45) is 0 Å². The molecule has 3 aromatic carbocycles. The lowest BCUT2D eigenvalue weighted by atomic mass is 9.79. The fraction of sp³-hybridized carbons (Fsp3) is 0.320. The minimum atomic E-state index is -0.639. The Balaban J connectivity index is 0.00000240. The van der Waals surface area contributed by atoms with Crippen LogP contribution in [0, 0.1) is 13.8 Å². The molecular weight excluding hydrogens is 382 g/mol. The molecule has 152 valence electrons. The van der Waals surface area contributed by atoms with Crippen LogP contribution in [0.4, 0.5) is 0 Å². The van der Waals surface area contributed by atoms with Crippen LogP contribution in [0.25, 0.3) is 10.8 Å². The van der Waals surface area contributed by atoms with Gasteiger partial charge in [-0.15, -0.1) is 12.4 Å². The number of hydrogen-bond acceptors (Lipinski definition) is 3. The van der Waals surface area contributed by atoms with Crippen LogP contribution < -0.4 is 0 Å². The molecule has 4 heteroatoms. The summed E-state index contributed by atoms with van der Waals surface area (Å²) in [5, 5.41) is 2.37. The summed E-state index contributed by atoms with van der Waals surface area (Å²) in [6.07, 6.45) is 1.47. The number of carbonyl (C=O) groups is 1. The van der Waals surface area contributed by atoms with E-state index in [2.05, 4.69) is 62.3 Å². The summed E-state index contributed by atoms with van der Waals surface area (Å²) < 4.78 is 6.22. The van der Waals surface area contributed by atoms with Crippen LogP contribution in [-0.2, 0) is 16.8 Å². The molecular formula is C25H28ClNO2. The summed E-state index contributed by atoms with van der Waals surface area (Å²) in [6.45, 7) is 4.99. The number of fused-ring (bicyclic) bond motifs is 2. The zero-order valence-electron chi connectivity index (χ0n) is 17.5. The number of ether oxygens (including phenoxy) is 1. The Morgan fingerprint density at radius 2 is 1.66 bits per heavy atom. The second-order valence-corrected chi connectivity index (χ2v) is 8.27. The van der Waals surface area contributed by atoms with Gasteiger partial charge in [0, 0.05) is 19.4 Å². The third kappa shape index (κ3) is 4.03. The van der Waals surface area contributed by atoms with Gasteiger partial charge in [0.15, 0.2) is 0 Å². The van der Waals surface area contributed by atoms with E-state index in [9.17, 15) is 4.79 Å². The van der Waals surface area contributed by atoms with Crippen molar-refractivity contribution in [3.05, 3.63) is 82.4 Å². The number of rotatable bonds is 4. The molecule has 0 fully saturated rings. The molecule has 1 unspecified atom stereocenters. The molecule has 0 amide bonds. The molecule has 0 bridgehead atoms. The number of nitrogens with zero attached hydrogens (tertiary/aromatic N) is 1. The van der Waals surface area contributed by atoms with Gasteiger partial charge in [0.1, 0.15) is 5.60 Å². The van der Waals surface area contributed by atoms with Crippen LogP contribution in [-0.4, -0.2) is 31.5 Å². The maximum absolute atomic E-state index is 13.0. The van der Waals surface area contributed by atoms with Gasteiger partial charge in [-0.25, -0.2) is 4.79 Å². The van der Waals surface area contributed by atoms with Crippen molar-refractivity contribution in [2.75, 3.05) is 20.6 Å². The van der Waals surface area contributed by atoms with Gasteiger partial charge < -0.3 is 9.64 Å². The third-order valence-electron chi connectivity index (χ3n) is 5.94. The smallest absolute Gasteiger partial charge is 0.339 e. The van der Waals surface area contributed by atoms with Crippen molar-refractivity contribution in [3.63, 3.8) is 0 Å². The Bertz CT molecular complexity index is 1060. The molecule has 1 aliphatic heterocycles. The lowest BCUT2D eigenvalue weighted by Crippen LogP contribution is -2.41. The van der Waals surface area contributed by atoms with Crippen LogP contribution in [0.1, 0.15) is 39.0 Å². The molecule has 0 aromatic heterocycles. The quantitative estimate of drug-likeness (QED) is 0.537. The van der Waals surface area contributed by atoms with E-state index in [1.165, 1.54) is 16.3 Å². The molecule has 1 atom stereocenters. The molecule has 0 saturated heterocycles. The Morgan fingerprint density at radius 1 is 0.966 bits per heavy atom. The number of aryl methyl sites for hydroxylation is 2. The maximum Gasteiger partial charge on any atom is 0.339 e. The van der Waals surface area contributed by atoms with Crippen LogP contribution in [0.3, 0.4) is 0 Å². The summed E-state index contributed by atoms with van der Waals surface area (Å²) in [4.78, 5) is 15.2. The van der Waals surface area contributed by atoms with Gasteiger partial charge in [0.2, 0.25) is 0 Å². The summed E-state index contributed by atoms with van der Waals surface area (Å²) in [5.74, 6) is -0.212. The average molecular weight is 410 g/mol. The Kier molecular flexibility index (Phi) is 6.02. The number of halogens is 1. The Morgan fingerprint density at radius 3 is 2.38 bits per heavy atom. The summed E-state index contributed by atoms with van der Waals surface area (Å²) in [6, 6.07) is 18.9. The minimum Gasteiger partial charge on any atom is -0.450 e. The normalized spacial score (nSPS) is 18.3. The second kappa shape index (κ2) is 8.17. The molecule has 4 rings (SSSR count). The summed E-state index contributed by atoms with van der Waals surface area (Å²) in [7, 11) is 4.11. The Hall–Kier alpha value is -2.36. The van der Waals surface area contributed by atoms with Gasteiger partial charge in [-0.2, -0.15) is 0 Å². The first-order valence-electron chi connectivity index (χ1n) is 9.85. The SMILES string of the molecule is Cc1cc2c(cc1C)C(=O)OC(CCN(C)C)(c1ccc3ccccc3c1)C2.Cl. The zero-order chi connectivity index (χ0) is 19.9. The minimum absolute atomic E-state index is 0. The first-order valence-corrected chi connectivity index (χ1v) is 9.85. The number of cyclic esters (lactones) is 1. The molecule has 29 heavy (non-hydrogen) atoms. The highest BCUT2D eigenvalue weighted by Crippen LogP contribution is 2.41. The van der Waals surface area contributed by atoms with E-state index in [1.54, 1.807) is 0 Å². The van der Waals surface area contributed by atoms with Gasteiger partial charge in [0.05, 0.1) is 5.56 Å². The fourth-order valence-corrected chi connectivity index (χ4v) is 4.11. The van der Waals surface area contributed by atoms with Crippen LogP contribution in [0.15, 0.2) is 54.6 Å². The van der Waals surface area contributed by atoms with Gasteiger partial charge >= 0.3 is 5.97 Å². The molecule has 1 aliphatic rings. The topological polar surface area (TPSA) is 29.5 Å². The maximum atomic E-state index is 13.0. The highest BCUT2D eigenvalue weighted by Gasteiger charge is 2.42. The molecule has 0 radical (unpaired) electrons. The van der Waals surface area contributed by atoms with Gasteiger partial charge in [0.25, 0.3) is 0 Å². The Labute approximate surface area is 179 Å². The predicted molar refractivity (Wildman–Crippen MR) is 121 cm³/mol. The largest absolute Gasteiger partial charge is 0.450 e. The average Bonchev–Trinajstić information content (AvgIpc) is 2.67. The monoisotopic (exact) mass is 409 g/mol. The van der Waals surface area contributed by atoms with Crippen LogP contribution in [0.2, 0.25) is 0 Å². The highest BCUT2D eigenvalue weighted by atomic mass is 35.5. The molecule has 1 heterocycles. The lowest BCUT2D eigenvalue weighted by molar-refractivity contribution is -0.0354. The number of esters is 1. The number of hydrogen-bond donors (Lipinski definition) is 0. The van der Waals surface area contributed by atoms with Gasteiger partial charge in [-0.1, -0.05) is 42.5 Å². The number of benzene rings is 3. The van der Waals surface area contributed by atoms with E-state index in [-0.39, 0.29) is 18.4 Å². The van der Waals surface area contributed by atoms with E-state index in [1.807, 2.05) is 25.1 Å². The van der Waals surface area contributed by atoms with Gasteiger partial charge in [-0.3, -0.25) is 0 Å². The van der Waals surface area contributed by atoms with Gasteiger partial charge in [-0.05, 0) is 73.1 Å². The van der Waals surface area contributed by atoms with E-state index in [4.69, 9.17) is 4.74 Å². The summed E-state index contributed by atoms with van der Waals surface area (Å²) >= 11 is 0. The standard InChI is InChI=1S/C25H27NO2.ClH/c1-17-13-21-16-25(11-12-26(3)4,28-24(27)23(21)14-18(17)2)22-10-9-19-7-5-6-8-20(19)15-22;/h5-10,13-15H,11-12,16H2,1-4H3;1H. The van der Waals surface area contributed by atoms with Crippen molar-refractivity contribution in [1.82, 2.24) is 4.90 Å². The zero-order valence-corrected chi connectivity index (χ0v) is 18.3. The predicted octanol–water partition coefficient (Wildman–Crippen LogP) is 5.44. The molecule has 0 saturated carbocycles. The van der Waals surface area contributed by atoms with Crippen LogP contribution in [0.5, 0.6) is 0 Å². The summed E-state index contributed by atoms with van der Waals surface area (Å²) in [5.41, 5.74) is 4.58. The van der Waals surface area contributed by atoms with E-state index < -0.39 is 5.60 Å². The number of carbonyl (C=O) groups excluding carboxylic acids is 1. The van der Waals surface area contributed by atoms with Crippen molar-refractivity contribution < 1.29 is 9.53 Å². The van der Waals surface area contributed by atoms with Crippen molar-refractivity contribution in [3.8, 4) is 0 Å². The molecule has 0 spiro atoms. The lowest BCUT2D eigenvalue weighted by Gasteiger charge is -2.39. The fourth-order valence-electron chi connectivity index (χ4n) is 4.11. The van der Waals surface area contributed by atoms with E-state index >= 15 is 0 Å². The van der Waals surface area contributed by atoms with Crippen molar-refractivity contribution >= 4 is 29.1 Å². The molecule has 3 nitrogen and oxygen atoms in total. The molecule has 0 N–H and O–H groups in total. The molecule has 0 aliphatic carbocycles.